The second-order valence-corrected chi connectivity index (χ2v) is 5.45. The molecule has 0 fully saturated rings. The van der Waals surface area contributed by atoms with Gasteiger partial charge in [-0.15, -0.1) is 16.4 Å². The van der Waals surface area contributed by atoms with E-state index in [2.05, 4.69) is 33.8 Å². The second kappa shape index (κ2) is 5.60. The SMILES string of the molecule is COCCNc1ccc2ncc(-c3cc(C)cs3)n2n1. The number of hydrogen-bond donors (Lipinski definition) is 1. The number of hydrogen-bond acceptors (Lipinski definition) is 5. The Morgan fingerprint density at radius 1 is 1.40 bits per heavy atom. The Labute approximate surface area is 121 Å². The molecule has 6 heteroatoms. The zero-order valence-corrected chi connectivity index (χ0v) is 12.3. The number of nitrogens with one attached hydrogen (secondary N) is 1. The smallest absolute Gasteiger partial charge is 0.154 e. The van der Waals surface area contributed by atoms with Crippen LogP contribution in [0.3, 0.4) is 0 Å². The van der Waals surface area contributed by atoms with Crippen LogP contribution in [0.2, 0.25) is 0 Å². The van der Waals surface area contributed by atoms with E-state index >= 15 is 0 Å². The van der Waals surface area contributed by atoms with E-state index in [9.17, 15) is 0 Å². The van der Waals surface area contributed by atoms with Crippen LogP contribution >= 0.6 is 11.3 Å². The number of anilines is 1. The van der Waals surface area contributed by atoms with Crippen molar-refractivity contribution in [3.63, 3.8) is 0 Å². The summed E-state index contributed by atoms with van der Waals surface area (Å²) < 4.78 is 6.90. The Morgan fingerprint density at radius 3 is 3.05 bits per heavy atom. The van der Waals surface area contributed by atoms with E-state index in [4.69, 9.17) is 4.74 Å². The van der Waals surface area contributed by atoms with Crippen LogP contribution < -0.4 is 5.32 Å². The normalized spacial score (nSPS) is 11.1. The number of fused-ring (bicyclic) bond motifs is 1. The molecule has 3 aromatic rings. The fraction of sp³-hybridized carbons (Fsp3) is 0.286. The van der Waals surface area contributed by atoms with Gasteiger partial charge in [-0.2, -0.15) is 0 Å². The van der Waals surface area contributed by atoms with Crippen molar-refractivity contribution in [2.24, 2.45) is 0 Å². The third kappa shape index (κ3) is 2.52. The average Bonchev–Trinajstić information content (AvgIpc) is 3.04. The van der Waals surface area contributed by atoms with Crippen molar-refractivity contribution in [1.29, 1.82) is 0 Å². The first kappa shape index (κ1) is 13.1. The van der Waals surface area contributed by atoms with Gasteiger partial charge in [0.05, 0.1) is 17.7 Å². The number of nitrogens with zero attached hydrogens (tertiary/aromatic N) is 3. The van der Waals surface area contributed by atoms with E-state index in [0.717, 1.165) is 23.7 Å². The lowest BCUT2D eigenvalue weighted by molar-refractivity contribution is 0.210. The van der Waals surface area contributed by atoms with Gasteiger partial charge in [0.15, 0.2) is 5.65 Å². The predicted molar refractivity (Wildman–Crippen MR) is 81.4 cm³/mol. The number of aryl methyl sites for hydroxylation is 1. The highest BCUT2D eigenvalue weighted by Gasteiger charge is 2.09. The molecule has 0 unspecified atom stereocenters. The van der Waals surface area contributed by atoms with Gasteiger partial charge in [-0.3, -0.25) is 0 Å². The quantitative estimate of drug-likeness (QED) is 0.734. The van der Waals surface area contributed by atoms with Crippen molar-refractivity contribution >= 4 is 22.8 Å². The minimum Gasteiger partial charge on any atom is -0.383 e. The molecular formula is C14H16N4OS. The van der Waals surface area contributed by atoms with Crippen LogP contribution in [-0.2, 0) is 4.74 Å². The fourth-order valence-corrected chi connectivity index (χ4v) is 2.88. The molecular weight excluding hydrogens is 272 g/mol. The molecule has 0 bridgehead atoms. The minimum absolute atomic E-state index is 0.653. The molecule has 20 heavy (non-hydrogen) atoms. The van der Waals surface area contributed by atoms with Crippen LogP contribution in [-0.4, -0.2) is 34.9 Å². The van der Waals surface area contributed by atoms with E-state index in [-0.39, 0.29) is 0 Å². The fourth-order valence-electron chi connectivity index (χ4n) is 1.98. The Kier molecular flexibility index (Phi) is 3.66. The molecule has 0 atom stereocenters. The van der Waals surface area contributed by atoms with Crippen LogP contribution in [0.5, 0.6) is 0 Å². The summed E-state index contributed by atoms with van der Waals surface area (Å²) in [5.74, 6) is 0.821. The standard InChI is InChI=1S/C14H16N4OS/c1-10-7-12(20-9-10)11-8-16-14-4-3-13(17-18(11)14)15-5-6-19-2/h3-4,7-9H,5-6H2,1-2H3,(H,15,17). The molecule has 3 heterocycles. The molecule has 0 saturated carbocycles. The van der Waals surface area contributed by atoms with E-state index in [0.29, 0.717) is 6.61 Å². The molecule has 0 spiro atoms. The van der Waals surface area contributed by atoms with Crippen molar-refractivity contribution in [3.05, 3.63) is 35.3 Å². The number of imidazole rings is 1. The number of aromatic nitrogens is 3. The number of ether oxygens (including phenoxy) is 1. The maximum atomic E-state index is 5.02. The number of methoxy groups -OCH3 is 1. The lowest BCUT2D eigenvalue weighted by Gasteiger charge is -2.05. The van der Waals surface area contributed by atoms with Crippen LogP contribution in [0.15, 0.2) is 29.8 Å². The molecule has 0 saturated heterocycles. The Hall–Kier alpha value is -1.92. The van der Waals surface area contributed by atoms with Gasteiger partial charge in [-0.05, 0) is 36.1 Å². The zero-order valence-electron chi connectivity index (χ0n) is 11.5. The summed E-state index contributed by atoms with van der Waals surface area (Å²) in [6.45, 7) is 3.48. The minimum atomic E-state index is 0.653. The molecule has 0 amide bonds. The Bertz CT molecular complexity index is 719. The van der Waals surface area contributed by atoms with E-state index in [1.54, 1.807) is 18.4 Å². The van der Waals surface area contributed by atoms with E-state index in [1.807, 2.05) is 22.8 Å². The summed E-state index contributed by atoms with van der Waals surface area (Å²) in [6, 6.07) is 6.05. The third-order valence-corrected chi connectivity index (χ3v) is 4.03. The van der Waals surface area contributed by atoms with E-state index < -0.39 is 0 Å². The van der Waals surface area contributed by atoms with Crippen LogP contribution in [0.4, 0.5) is 5.82 Å². The molecule has 104 valence electrons. The van der Waals surface area contributed by atoms with Crippen molar-refractivity contribution < 1.29 is 4.74 Å². The molecule has 0 aliphatic carbocycles. The highest BCUT2D eigenvalue weighted by Crippen LogP contribution is 2.27. The molecule has 5 nitrogen and oxygen atoms in total. The maximum absolute atomic E-state index is 5.02. The molecule has 3 aromatic heterocycles. The first-order chi connectivity index (χ1) is 9.78. The predicted octanol–water partition coefficient (Wildman–Crippen LogP) is 2.82. The molecule has 0 aliphatic heterocycles. The van der Waals surface area contributed by atoms with Crippen molar-refractivity contribution in [2.45, 2.75) is 6.92 Å². The average molecular weight is 288 g/mol. The van der Waals surface area contributed by atoms with E-state index in [1.165, 1.54) is 10.4 Å². The molecule has 0 radical (unpaired) electrons. The Morgan fingerprint density at radius 2 is 2.30 bits per heavy atom. The highest BCUT2D eigenvalue weighted by atomic mass is 32.1. The van der Waals surface area contributed by atoms with Crippen LogP contribution in [0.25, 0.3) is 16.2 Å². The summed E-state index contributed by atoms with van der Waals surface area (Å²) in [6.07, 6.45) is 1.87. The first-order valence-corrected chi connectivity index (χ1v) is 7.29. The topological polar surface area (TPSA) is 51.5 Å². The molecule has 3 rings (SSSR count). The summed E-state index contributed by atoms with van der Waals surface area (Å²) >= 11 is 1.71. The van der Waals surface area contributed by atoms with Crippen molar-refractivity contribution in [1.82, 2.24) is 14.6 Å². The second-order valence-electron chi connectivity index (χ2n) is 4.54. The Balaban J connectivity index is 1.95. The first-order valence-electron chi connectivity index (χ1n) is 6.41. The molecule has 0 aliphatic rings. The van der Waals surface area contributed by atoms with Crippen molar-refractivity contribution in [2.75, 3.05) is 25.6 Å². The lowest BCUT2D eigenvalue weighted by Crippen LogP contribution is -2.10. The highest BCUT2D eigenvalue weighted by molar-refractivity contribution is 7.13. The van der Waals surface area contributed by atoms with Crippen LogP contribution in [0, 0.1) is 6.92 Å². The van der Waals surface area contributed by atoms with Gasteiger partial charge in [-0.1, -0.05) is 0 Å². The maximum Gasteiger partial charge on any atom is 0.154 e. The summed E-state index contributed by atoms with van der Waals surface area (Å²) in [5.41, 5.74) is 3.13. The molecule has 1 N–H and O–H groups in total. The lowest BCUT2D eigenvalue weighted by atomic mass is 10.3. The molecule has 0 aromatic carbocycles. The van der Waals surface area contributed by atoms with Gasteiger partial charge >= 0.3 is 0 Å². The summed E-state index contributed by atoms with van der Waals surface area (Å²) in [5, 5.41) is 9.95. The van der Waals surface area contributed by atoms with Gasteiger partial charge in [0, 0.05) is 13.7 Å². The number of rotatable bonds is 5. The summed E-state index contributed by atoms with van der Waals surface area (Å²) in [7, 11) is 1.69. The van der Waals surface area contributed by atoms with Gasteiger partial charge < -0.3 is 10.1 Å². The summed E-state index contributed by atoms with van der Waals surface area (Å²) in [4.78, 5) is 5.57. The number of thiophene rings is 1. The zero-order chi connectivity index (χ0) is 13.9. The van der Waals surface area contributed by atoms with Gasteiger partial charge in [0.1, 0.15) is 11.5 Å². The van der Waals surface area contributed by atoms with Crippen molar-refractivity contribution in [3.8, 4) is 10.6 Å². The van der Waals surface area contributed by atoms with Crippen LogP contribution in [0.1, 0.15) is 5.56 Å². The van der Waals surface area contributed by atoms with Gasteiger partial charge in [0.2, 0.25) is 0 Å². The largest absolute Gasteiger partial charge is 0.383 e. The van der Waals surface area contributed by atoms with Gasteiger partial charge in [-0.25, -0.2) is 9.50 Å². The monoisotopic (exact) mass is 288 g/mol. The van der Waals surface area contributed by atoms with Gasteiger partial charge in [0.25, 0.3) is 0 Å². The third-order valence-electron chi connectivity index (χ3n) is 2.96.